The lowest BCUT2D eigenvalue weighted by atomic mass is 10.1. The van der Waals surface area contributed by atoms with E-state index in [1.165, 1.54) is 19.1 Å². The smallest absolute Gasteiger partial charge is 0.355 e. The Hall–Kier alpha value is -2.87. The zero-order valence-corrected chi connectivity index (χ0v) is 17.4. The lowest BCUT2D eigenvalue weighted by molar-refractivity contribution is -0.123. The molecule has 0 bridgehead atoms. The molecular formula is C20H22ClFN2O5. The quantitative estimate of drug-likeness (QED) is 0.678. The predicted molar refractivity (Wildman–Crippen MR) is 106 cm³/mol. The van der Waals surface area contributed by atoms with E-state index < -0.39 is 29.8 Å². The molecule has 0 spiro atoms. The molecule has 29 heavy (non-hydrogen) atoms. The minimum Gasteiger partial charge on any atom is -0.459 e. The van der Waals surface area contributed by atoms with Gasteiger partial charge >= 0.3 is 11.9 Å². The number of aromatic nitrogens is 1. The molecule has 2 N–H and O–H groups in total. The summed E-state index contributed by atoms with van der Waals surface area (Å²) in [5.41, 5.74) is 0.990. The fourth-order valence-corrected chi connectivity index (χ4v) is 2.79. The van der Waals surface area contributed by atoms with Crippen molar-refractivity contribution in [2.75, 3.05) is 5.32 Å². The van der Waals surface area contributed by atoms with Gasteiger partial charge in [-0.3, -0.25) is 4.79 Å². The first-order valence-electron chi connectivity index (χ1n) is 8.88. The molecule has 156 valence electrons. The van der Waals surface area contributed by atoms with Crippen molar-refractivity contribution in [2.24, 2.45) is 0 Å². The van der Waals surface area contributed by atoms with E-state index in [-0.39, 0.29) is 28.1 Å². The SMILES string of the molecule is Cc1[nH]c(C(=O)OC(C)C(=O)Nc2ccc(Cl)cc2F)c(C)c1C(=O)OC(C)C. The van der Waals surface area contributed by atoms with E-state index in [0.29, 0.717) is 11.3 Å². The monoisotopic (exact) mass is 424 g/mol. The minimum absolute atomic E-state index is 0.0375. The Balaban J connectivity index is 2.11. The molecule has 1 heterocycles. The minimum atomic E-state index is -1.22. The van der Waals surface area contributed by atoms with Gasteiger partial charge in [0.15, 0.2) is 6.10 Å². The van der Waals surface area contributed by atoms with Crippen molar-refractivity contribution in [1.29, 1.82) is 0 Å². The summed E-state index contributed by atoms with van der Waals surface area (Å²) in [4.78, 5) is 39.7. The van der Waals surface area contributed by atoms with Gasteiger partial charge in [0.05, 0.1) is 17.4 Å². The molecule has 0 aliphatic carbocycles. The molecule has 7 nitrogen and oxygen atoms in total. The van der Waals surface area contributed by atoms with Crippen molar-refractivity contribution in [2.45, 2.75) is 46.8 Å². The summed E-state index contributed by atoms with van der Waals surface area (Å²) >= 11 is 5.67. The normalized spacial score (nSPS) is 11.9. The maximum absolute atomic E-state index is 13.8. The Bertz CT molecular complexity index is 955. The molecule has 0 fully saturated rings. The molecule has 9 heteroatoms. The summed E-state index contributed by atoms with van der Waals surface area (Å²) in [6.07, 6.45) is -1.53. The average Bonchev–Trinajstić information content (AvgIpc) is 2.91. The molecule has 0 aliphatic heterocycles. The van der Waals surface area contributed by atoms with Crippen LogP contribution in [0.4, 0.5) is 10.1 Å². The maximum Gasteiger partial charge on any atom is 0.355 e. The highest BCUT2D eigenvalue weighted by Crippen LogP contribution is 2.22. The fourth-order valence-electron chi connectivity index (χ4n) is 2.63. The number of amides is 1. The number of anilines is 1. The Morgan fingerprint density at radius 2 is 1.76 bits per heavy atom. The second kappa shape index (κ2) is 9.09. The van der Waals surface area contributed by atoms with E-state index >= 15 is 0 Å². The number of carbonyl (C=O) groups excluding carboxylic acids is 3. The van der Waals surface area contributed by atoms with E-state index in [0.717, 1.165) is 6.07 Å². The number of rotatable bonds is 6. The van der Waals surface area contributed by atoms with Crippen molar-refractivity contribution in [3.8, 4) is 0 Å². The van der Waals surface area contributed by atoms with Crippen molar-refractivity contribution < 1.29 is 28.2 Å². The molecule has 1 amide bonds. The molecule has 2 rings (SSSR count). The molecule has 2 aromatic rings. The molecule has 0 aliphatic rings. The van der Waals surface area contributed by atoms with Crippen molar-refractivity contribution in [3.63, 3.8) is 0 Å². The molecule has 0 radical (unpaired) electrons. The summed E-state index contributed by atoms with van der Waals surface area (Å²) in [6.45, 7) is 7.98. The molecule has 1 aromatic heterocycles. The van der Waals surface area contributed by atoms with E-state index in [1.54, 1.807) is 27.7 Å². The van der Waals surface area contributed by atoms with E-state index in [2.05, 4.69) is 10.3 Å². The third kappa shape index (κ3) is 5.35. The number of benzene rings is 1. The number of nitrogens with one attached hydrogen (secondary N) is 2. The van der Waals surface area contributed by atoms with Gasteiger partial charge in [-0.1, -0.05) is 11.6 Å². The number of H-pyrrole nitrogens is 1. The van der Waals surface area contributed by atoms with Crippen LogP contribution in [-0.2, 0) is 14.3 Å². The second-order valence-corrected chi connectivity index (χ2v) is 7.18. The Morgan fingerprint density at radius 1 is 1.10 bits per heavy atom. The van der Waals surface area contributed by atoms with Crippen LogP contribution in [0.15, 0.2) is 18.2 Å². The van der Waals surface area contributed by atoms with Gasteiger partial charge < -0.3 is 19.8 Å². The molecule has 1 unspecified atom stereocenters. The number of halogens is 2. The van der Waals surface area contributed by atoms with Gasteiger partial charge in [0.1, 0.15) is 11.5 Å². The van der Waals surface area contributed by atoms with Crippen LogP contribution in [0.1, 0.15) is 52.9 Å². The van der Waals surface area contributed by atoms with E-state index in [1.807, 2.05) is 0 Å². The molecular weight excluding hydrogens is 403 g/mol. The van der Waals surface area contributed by atoms with Crippen molar-refractivity contribution in [3.05, 3.63) is 51.6 Å². The third-order valence-corrected chi connectivity index (χ3v) is 4.27. The van der Waals surface area contributed by atoms with Gasteiger partial charge in [-0.05, 0) is 58.4 Å². The van der Waals surface area contributed by atoms with Gasteiger partial charge in [-0.2, -0.15) is 0 Å². The predicted octanol–water partition coefficient (Wildman–Crippen LogP) is 4.17. The lowest BCUT2D eigenvalue weighted by Crippen LogP contribution is -2.30. The van der Waals surface area contributed by atoms with Gasteiger partial charge in [-0.25, -0.2) is 14.0 Å². The number of aromatic amines is 1. The van der Waals surface area contributed by atoms with Gasteiger partial charge in [0.25, 0.3) is 5.91 Å². The van der Waals surface area contributed by atoms with E-state index in [4.69, 9.17) is 21.1 Å². The number of ether oxygens (including phenoxy) is 2. The van der Waals surface area contributed by atoms with Crippen LogP contribution in [0.5, 0.6) is 0 Å². The van der Waals surface area contributed by atoms with Gasteiger partial charge in [0.2, 0.25) is 0 Å². The highest BCUT2D eigenvalue weighted by atomic mass is 35.5. The average molecular weight is 425 g/mol. The maximum atomic E-state index is 13.8. The summed E-state index contributed by atoms with van der Waals surface area (Å²) in [7, 11) is 0. The zero-order chi connectivity index (χ0) is 21.9. The van der Waals surface area contributed by atoms with Crippen LogP contribution < -0.4 is 5.32 Å². The van der Waals surface area contributed by atoms with E-state index in [9.17, 15) is 18.8 Å². The number of esters is 2. The zero-order valence-electron chi connectivity index (χ0n) is 16.7. The standard InChI is InChI=1S/C20H22ClFN2O5/c1-9(2)28-19(26)16-10(3)17(23-11(16)4)20(27)29-12(5)18(25)24-15-7-6-13(21)8-14(15)22/h6-9,12,23H,1-5H3,(H,24,25). The number of hydrogen-bond acceptors (Lipinski definition) is 5. The van der Waals surface area contributed by atoms with Crippen molar-refractivity contribution >= 4 is 35.1 Å². The van der Waals surface area contributed by atoms with Crippen LogP contribution >= 0.6 is 11.6 Å². The molecule has 1 atom stereocenters. The van der Waals surface area contributed by atoms with Crippen LogP contribution in [0.25, 0.3) is 0 Å². The summed E-state index contributed by atoms with van der Waals surface area (Å²) < 4.78 is 24.1. The van der Waals surface area contributed by atoms with Crippen LogP contribution in [-0.4, -0.2) is 35.0 Å². The van der Waals surface area contributed by atoms with Crippen LogP contribution in [0.3, 0.4) is 0 Å². The molecule has 0 saturated heterocycles. The first-order valence-corrected chi connectivity index (χ1v) is 9.26. The van der Waals surface area contributed by atoms with Crippen LogP contribution in [0.2, 0.25) is 5.02 Å². The summed E-state index contributed by atoms with van der Waals surface area (Å²) in [5.74, 6) is -2.82. The first-order chi connectivity index (χ1) is 13.5. The van der Waals surface area contributed by atoms with Crippen LogP contribution in [0, 0.1) is 19.7 Å². The summed E-state index contributed by atoms with van der Waals surface area (Å²) in [5, 5.41) is 2.52. The topological polar surface area (TPSA) is 97.5 Å². The van der Waals surface area contributed by atoms with Gasteiger partial charge in [0, 0.05) is 10.7 Å². The highest BCUT2D eigenvalue weighted by molar-refractivity contribution is 6.30. The number of aryl methyl sites for hydroxylation is 1. The third-order valence-electron chi connectivity index (χ3n) is 4.03. The Morgan fingerprint density at radius 3 is 2.34 bits per heavy atom. The second-order valence-electron chi connectivity index (χ2n) is 6.74. The van der Waals surface area contributed by atoms with Gasteiger partial charge in [-0.15, -0.1) is 0 Å². The Labute approximate surface area is 172 Å². The number of carbonyl (C=O) groups is 3. The molecule has 0 saturated carbocycles. The lowest BCUT2D eigenvalue weighted by Gasteiger charge is -2.14. The molecule has 1 aromatic carbocycles. The number of hydrogen-bond donors (Lipinski definition) is 2. The largest absolute Gasteiger partial charge is 0.459 e. The highest BCUT2D eigenvalue weighted by Gasteiger charge is 2.27. The first kappa shape index (κ1) is 22.4. The Kier molecular flexibility index (Phi) is 7.02. The summed E-state index contributed by atoms with van der Waals surface area (Å²) in [6, 6.07) is 3.77. The fraction of sp³-hybridized carbons (Fsp3) is 0.350. The van der Waals surface area contributed by atoms with Crippen molar-refractivity contribution in [1.82, 2.24) is 4.98 Å².